The summed E-state index contributed by atoms with van der Waals surface area (Å²) in [6, 6.07) is 4.01. The highest BCUT2D eigenvalue weighted by Gasteiger charge is 2.29. The first kappa shape index (κ1) is 16.1. The smallest absolute Gasteiger partial charge is 0.237 e. The fourth-order valence-electron chi connectivity index (χ4n) is 3.26. The fourth-order valence-corrected chi connectivity index (χ4v) is 3.26. The number of rotatable bonds is 5. The summed E-state index contributed by atoms with van der Waals surface area (Å²) in [6.45, 7) is 10.8. The topological polar surface area (TPSA) is 34.1 Å². The van der Waals surface area contributed by atoms with Crippen LogP contribution in [0.25, 0.3) is 0 Å². The van der Waals surface area contributed by atoms with Gasteiger partial charge in [0.1, 0.15) is 0 Å². The lowest BCUT2D eigenvalue weighted by molar-refractivity contribution is 0.153. The second kappa shape index (κ2) is 7.15. The summed E-state index contributed by atoms with van der Waals surface area (Å²) in [5.74, 6) is 2.38. The van der Waals surface area contributed by atoms with Crippen molar-refractivity contribution in [1.82, 2.24) is 4.98 Å². The predicted molar refractivity (Wildman–Crippen MR) is 88.8 cm³/mol. The Morgan fingerprint density at radius 1 is 1.24 bits per heavy atom. The maximum atomic E-state index is 5.57. The van der Waals surface area contributed by atoms with Crippen LogP contribution in [-0.4, -0.2) is 18.1 Å². The third-order valence-electron chi connectivity index (χ3n) is 4.70. The van der Waals surface area contributed by atoms with E-state index in [0.29, 0.717) is 12.0 Å². The maximum Gasteiger partial charge on any atom is 0.237 e. The zero-order chi connectivity index (χ0) is 15.3. The van der Waals surface area contributed by atoms with Gasteiger partial charge in [0.2, 0.25) is 5.88 Å². The highest BCUT2D eigenvalue weighted by Crippen LogP contribution is 2.39. The Hall–Kier alpha value is -1.25. The minimum absolute atomic E-state index is 0.462. The van der Waals surface area contributed by atoms with Crippen LogP contribution in [0.3, 0.4) is 0 Å². The molecule has 0 atom stereocenters. The van der Waals surface area contributed by atoms with E-state index >= 15 is 0 Å². The summed E-state index contributed by atoms with van der Waals surface area (Å²) in [6.07, 6.45) is 7.17. The van der Waals surface area contributed by atoms with E-state index in [9.17, 15) is 0 Å². The van der Waals surface area contributed by atoms with Crippen LogP contribution in [0.1, 0.15) is 53.4 Å². The molecule has 1 aromatic heterocycles. The molecule has 1 heterocycles. The molecule has 3 heteroatoms. The molecule has 1 aliphatic rings. The summed E-state index contributed by atoms with van der Waals surface area (Å²) in [7, 11) is 0. The van der Waals surface area contributed by atoms with Crippen LogP contribution in [0, 0.1) is 17.3 Å². The quantitative estimate of drug-likeness (QED) is 0.850. The third kappa shape index (κ3) is 4.62. The van der Waals surface area contributed by atoms with Gasteiger partial charge in [-0.15, -0.1) is 0 Å². The van der Waals surface area contributed by atoms with Gasteiger partial charge in [-0.25, -0.2) is 4.98 Å². The molecule has 0 bridgehead atoms. The van der Waals surface area contributed by atoms with E-state index in [1.165, 1.54) is 25.7 Å². The molecule has 1 fully saturated rings. The summed E-state index contributed by atoms with van der Waals surface area (Å²) in [5, 5.41) is 3.53. The Labute approximate surface area is 129 Å². The molecule has 2 rings (SSSR count). The molecule has 0 aliphatic heterocycles. The lowest BCUT2D eigenvalue weighted by Crippen LogP contribution is -2.28. The van der Waals surface area contributed by atoms with Crippen LogP contribution >= 0.6 is 0 Å². The van der Waals surface area contributed by atoms with Crippen molar-refractivity contribution in [3.05, 3.63) is 18.3 Å². The van der Waals surface area contributed by atoms with E-state index in [1.807, 2.05) is 13.0 Å². The maximum absolute atomic E-state index is 5.57. The van der Waals surface area contributed by atoms with Crippen molar-refractivity contribution >= 4 is 5.69 Å². The molecule has 0 aromatic carbocycles. The third-order valence-corrected chi connectivity index (χ3v) is 4.70. The van der Waals surface area contributed by atoms with Gasteiger partial charge in [-0.2, -0.15) is 0 Å². The molecule has 1 saturated carbocycles. The van der Waals surface area contributed by atoms with E-state index < -0.39 is 0 Å². The molecule has 0 radical (unpaired) electrons. The van der Waals surface area contributed by atoms with Gasteiger partial charge < -0.3 is 10.1 Å². The summed E-state index contributed by atoms with van der Waals surface area (Å²) in [4.78, 5) is 4.29. The molecule has 21 heavy (non-hydrogen) atoms. The summed E-state index contributed by atoms with van der Waals surface area (Å²) in [5.41, 5.74) is 1.49. The zero-order valence-electron chi connectivity index (χ0n) is 14.0. The number of pyridine rings is 1. The first-order chi connectivity index (χ1) is 10.0. The standard InChI is InChI=1S/C18H30N2O/c1-5-21-17-16(7-6-12-19-17)20-13-14-8-10-15(11-9-14)18(2,3)4/h6-7,12,14-15,20H,5,8-11,13H2,1-4H3. The molecule has 118 valence electrons. The first-order valence-corrected chi connectivity index (χ1v) is 8.32. The largest absolute Gasteiger partial charge is 0.476 e. The van der Waals surface area contributed by atoms with E-state index in [2.05, 4.69) is 37.1 Å². The number of nitrogens with one attached hydrogen (secondary N) is 1. The Kier molecular flexibility index (Phi) is 5.49. The van der Waals surface area contributed by atoms with Gasteiger partial charge in [0, 0.05) is 12.7 Å². The molecular weight excluding hydrogens is 260 g/mol. The predicted octanol–water partition coefficient (Wildman–Crippen LogP) is 4.74. The van der Waals surface area contributed by atoms with Gasteiger partial charge in [-0.1, -0.05) is 20.8 Å². The van der Waals surface area contributed by atoms with Crippen LogP contribution in [0.15, 0.2) is 18.3 Å². The van der Waals surface area contributed by atoms with Crippen molar-refractivity contribution in [1.29, 1.82) is 0 Å². The Morgan fingerprint density at radius 2 is 1.95 bits per heavy atom. The van der Waals surface area contributed by atoms with E-state index in [4.69, 9.17) is 4.74 Å². The molecular formula is C18H30N2O. The lowest BCUT2D eigenvalue weighted by atomic mass is 9.70. The first-order valence-electron chi connectivity index (χ1n) is 8.32. The number of anilines is 1. The van der Waals surface area contributed by atoms with Crippen molar-refractivity contribution in [3.8, 4) is 5.88 Å². The molecule has 0 amide bonds. The van der Waals surface area contributed by atoms with Gasteiger partial charge in [0.25, 0.3) is 0 Å². The molecule has 0 spiro atoms. The van der Waals surface area contributed by atoms with E-state index in [1.54, 1.807) is 6.20 Å². The van der Waals surface area contributed by atoms with Gasteiger partial charge in [-0.3, -0.25) is 0 Å². The number of aromatic nitrogens is 1. The highest BCUT2D eigenvalue weighted by molar-refractivity contribution is 5.51. The summed E-state index contributed by atoms with van der Waals surface area (Å²) >= 11 is 0. The lowest BCUT2D eigenvalue weighted by Gasteiger charge is -2.37. The monoisotopic (exact) mass is 290 g/mol. The fraction of sp³-hybridized carbons (Fsp3) is 0.722. The SMILES string of the molecule is CCOc1ncccc1NCC1CCC(C(C)(C)C)CC1. The van der Waals surface area contributed by atoms with Crippen LogP contribution < -0.4 is 10.1 Å². The molecule has 0 saturated heterocycles. The van der Waals surface area contributed by atoms with Crippen LogP contribution in [0.5, 0.6) is 5.88 Å². The number of hydrogen-bond donors (Lipinski definition) is 1. The second-order valence-electron chi connectivity index (χ2n) is 7.25. The minimum atomic E-state index is 0.462. The van der Waals surface area contributed by atoms with Gasteiger partial charge in [0.05, 0.1) is 12.3 Å². The van der Waals surface area contributed by atoms with Crippen molar-refractivity contribution in [2.24, 2.45) is 17.3 Å². The highest BCUT2D eigenvalue weighted by atomic mass is 16.5. The normalized spacial score (nSPS) is 22.9. The average molecular weight is 290 g/mol. The second-order valence-corrected chi connectivity index (χ2v) is 7.25. The van der Waals surface area contributed by atoms with Crippen molar-refractivity contribution < 1.29 is 4.74 Å². The van der Waals surface area contributed by atoms with Crippen molar-refractivity contribution in [2.75, 3.05) is 18.5 Å². The van der Waals surface area contributed by atoms with Gasteiger partial charge >= 0.3 is 0 Å². The van der Waals surface area contributed by atoms with Crippen molar-refractivity contribution in [3.63, 3.8) is 0 Å². The Bertz CT molecular complexity index is 431. The Morgan fingerprint density at radius 3 is 2.57 bits per heavy atom. The van der Waals surface area contributed by atoms with Gasteiger partial charge in [0.15, 0.2) is 0 Å². The average Bonchev–Trinajstić information content (AvgIpc) is 2.46. The van der Waals surface area contributed by atoms with E-state index in [0.717, 1.165) is 29.9 Å². The molecule has 1 aromatic rings. The number of nitrogens with zero attached hydrogens (tertiary/aromatic N) is 1. The molecule has 1 aliphatic carbocycles. The van der Waals surface area contributed by atoms with Crippen LogP contribution in [-0.2, 0) is 0 Å². The van der Waals surface area contributed by atoms with Crippen molar-refractivity contribution in [2.45, 2.75) is 53.4 Å². The minimum Gasteiger partial charge on any atom is -0.476 e. The van der Waals surface area contributed by atoms with Crippen LogP contribution in [0.2, 0.25) is 0 Å². The molecule has 1 N–H and O–H groups in total. The molecule has 0 unspecified atom stereocenters. The van der Waals surface area contributed by atoms with Crippen LogP contribution in [0.4, 0.5) is 5.69 Å². The van der Waals surface area contributed by atoms with Gasteiger partial charge in [-0.05, 0) is 62.0 Å². The number of ether oxygens (including phenoxy) is 1. The molecule has 3 nitrogen and oxygen atoms in total. The van der Waals surface area contributed by atoms with E-state index in [-0.39, 0.29) is 0 Å². The number of hydrogen-bond acceptors (Lipinski definition) is 3. The zero-order valence-corrected chi connectivity index (χ0v) is 14.0. The summed E-state index contributed by atoms with van der Waals surface area (Å²) < 4.78 is 5.57. The Balaban J connectivity index is 1.82.